The molecule has 0 aliphatic carbocycles. The third-order valence-corrected chi connectivity index (χ3v) is 3.26. The van der Waals surface area contributed by atoms with Crippen molar-refractivity contribution >= 4 is 16.1 Å². The van der Waals surface area contributed by atoms with Gasteiger partial charge in [0.2, 0.25) is 10.0 Å². The van der Waals surface area contributed by atoms with Crippen LogP contribution in [-0.2, 0) is 21.2 Å². The molecule has 7 nitrogen and oxygen atoms in total. The smallest absolute Gasteiger partial charge is 0.316 e. The predicted molar refractivity (Wildman–Crippen MR) is 69.9 cm³/mol. The first-order chi connectivity index (χ1) is 8.93. The van der Waals surface area contributed by atoms with E-state index in [9.17, 15) is 13.2 Å². The van der Waals surface area contributed by atoms with Crippen LogP contribution < -0.4 is 15.8 Å². The Morgan fingerprint density at radius 3 is 2.42 bits per heavy atom. The number of rotatable bonds is 6. The summed E-state index contributed by atoms with van der Waals surface area (Å²) in [6.45, 7) is 0.582. The van der Waals surface area contributed by atoms with Gasteiger partial charge in [0.25, 0.3) is 0 Å². The molecular weight excluding hydrogens is 270 g/mol. The Morgan fingerprint density at radius 2 is 1.89 bits per heavy atom. The summed E-state index contributed by atoms with van der Waals surface area (Å²) >= 11 is 0. The van der Waals surface area contributed by atoms with E-state index >= 15 is 0 Å². The van der Waals surface area contributed by atoms with Gasteiger partial charge < -0.3 is 15.4 Å². The minimum atomic E-state index is -3.66. The van der Waals surface area contributed by atoms with E-state index < -0.39 is 10.0 Å². The lowest BCUT2D eigenvalue weighted by atomic mass is 10.1. The van der Waals surface area contributed by atoms with Gasteiger partial charge in [0.05, 0.1) is 4.90 Å². The Labute approximate surface area is 112 Å². The maximum atomic E-state index is 11.2. The topological polar surface area (TPSA) is 111 Å². The van der Waals surface area contributed by atoms with Crippen LogP contribution in [0.15, 0.2) is 29.2 Å². The number of carbonyl (C=O) groups is 1. The van der Waals surface area contributed by atoms with Crippen LogP contribution in [0.2, 0.25) is 0 Å². The molecule has 0 aliphatic rings. The molecule has 0 aliphatic heterocycles. The van der Waals surface area contributed by atoms with Gasteiger partial charge in [-0.3, -0.25) is 0 Å². The van der Waals surface area contributed by atoms with Crippen LogP contribution in [0, 0.1) is 0 Å². The molecule has 0 unspecified atom stereocenters. The zero-order valence-corrected chi connectivity index (χ0v) is 11.4. The summed E-state index contributed by atoms with van der Waals surface area (Å²) in [6, 6.07) is 5.89. The lowest BCUT2D eigenvalue weighted by molar-refractivity contribution is 0.172. The quantitative estimate of drug-likeness (QED) is 0.628. The van der Waals surface area contributed by atoms with E-state index in [1.54, 1.807) is 12.1 Å². The summed E-state index contributed by atoms with van der Waals surface area (Å²) in [5.74, 6) is 0. The molecule has 4 N–H and O–H groups in total. The minimum absolute atomic E-state index is 0.0713. The molecule has 2 amide bonds. The third kappa shape index (κ3) is 5.69. The van der Waals surface area contributed by atoms with E-state index in [-0.39, 0.29) is 17.7 Å². The lowest BCUT2D eigenvalue weighted by Crippen LogP contribution is -2.37. The highest BCUT2D eigenvalue weighted by Crippen LogP contribution is 2.08. The number of sulfonamides is 1. The number of carbonyl (C=O) groups excluding carboxylic acids is 1. The van der Waals surface area contributed by atoms with E-state index in [4.69, 9.17) is 5.14 Å². The first kappa shape index (κ1) is 15.4. The molecule has 0 heterocycles. The van der Waals surface area contributed by atoms with Gasteiger partial charge in [0, 0.05) is 13.7 Å². The molecule has 0 saturated heterocycles. The monoisotopic (exact) mass is 287 g/mol. The molecule has 0 radical (unpaired) electrons. The molecule has 8 heteroatoms. The van der Waals surface area contributed by atoms with E-state index in [1.807, 2.05) is 0 Å². The number of benzene rings is 1. The minimum Gasteiger partial charge on any atom is -0.364 e. The summed E-state index contributed by atoms with van der Waals surface area (Å²) in [5, 5.41) is 10.1. The van der Waals surface area contributed by atoms with Crippen molar-refractivity contribution < 1.29 is 17.9 Å². The van der Waals surface area contributed by atoms with Crippen LogP contribution >= 0.6 is 0 Å². The number of urea groups is 1. The molecule has 0 bridgehead atoms. The van der Waals surface area contributed by atoms with E-state index in [0.717, 1.165) is 5.56 Å². The Hall–Kier alpha value is -1.64. The van der Waals surface area contributed by atoms with Gasteiger partial charge in [-0.2, -0.15) is 0 Å². The summed E-state index contributed by atoms with van der Waals surface area (Å²) in [5.41, 5.74) is 0.902. The molecule has 0 fully saturated rings. The van der Waals surface area contributed by atoms with Gasteiger partial charge in [0.15, 0.2) is 0 Å². The molecule has 1 aromatic rings. The Kier molecular flexibility index (Phi) is 5.74. The number of primary sulfonamides is 1. The van der Waals surface area contributed by atoms with Crippen molar-refractivity contribution in [3.63, 3.8) is 0 Å². The van der Waals surface area contributed by atoms with Gasteiger partial charge in [-0.1, -0.05) is 12.1 Å². The highest BCUT2D eigenvalue weighted by Gasteiger charge is 2.06. The highest BCUT2D eigenvalue weighted by atomic mass is 32.2. The largest absolute Gasteiger partial charge is 0.364 e. The maximum absolute atomic E-state index is 11.2. The molecule has 0 saturated carbocycles. The predicted octanol–water partition coefficient (Wildman–Crippen LogP) is -0.220. The molecule has 0 spiro atoms. The fraction of sp³-hybridized carbons (Fsp3) is 0.364. The number of methoxy groups -OCH3 is 1. The van der Waals surface area contributed by atoms with Crippen molar-refractivity contribution in [3.05, 3.63) is 29.8 Å². The van der Waals surface area contributed by atoms with Crippen molar-refractivity contribution in [1.29, 1.82) is 0 Å². The van der Waals surface area contributed by atoms with Gasteiger partial charge in [0.1, 0.15) is 6.73 Å². The van der Waals surface area contributed by atoms with Crippen LogP contribution in [0.1, 0.15) is 5.56 Å². The van der Waals surface area contributed by atoms with Gasteiger partial charge in [-0.05, 0) is 24.1 Å². The average Bonchev–Trinajstić information content (AvgIpc) is 2.36. The highest BCUT2D eigenvalue weighted by molar-refractivity contribution is 7.89. The fourth-order valence-corrected chi connectivity index (χ4v) is 1.88. The van der Waals surface area contributed by atoms with E-state index in [0.29, 0.717) is 13.0 Å². The first-order valence-electron chi connectivity index (χ1n) is 5.56. The van der Waals surface area contributed by atoms with Crippen LogP contribution in [0.3, 0.4) is 0 Å². The second-order valence-electron chi connectivity index (χ2n) is 3.80. The van der Waals surface area contributed by atoms with Crippen molar-refractivity contribution in [2.75, 3.05) is 20.4 Å². The van der Waals surface area contributed by atoms with Crippen LogP contribution in [0.25, 0.3) is 0 Å². The zero-order chi connectivity index (χ0) is 14.3. The number of nitrogens with two attached hydrogens (primary N) is 1. The standard InChI is InChI=1S/C11H17N3O4S/c1-18-8-14-11(15)13-7-6-9-2-4-10(5-3-9)19(12,16)17/h2-5H,6-8H2,1H3,(H2,12,16,17)(H2,13,14,15). The van der Waals surface area contributed by atoms with Crippen LogP contribution in [0.5, 0.6) is 0 Å². The second-order valence-corrected chi connectivity index (χ2v) is 5.37. The maximum Gasteiger partial charge on any atom is 0.316 e. The Morgan fingerprint density at radius 1 is 1.26 bits per heavy atom. The molecule has 0 atom stereocenters. The van der Waals surface area contributed by atoms with Crippen molar-refractivity contribution in [3.8, 4) is 0 Å². The van der Waals surface area contributed by atoms with Crippen LogP contribution in [-0.4, -0.2) is 34.8 Å². The number of hydrogen-bond donors (Lipinski definition) is 3. The molecular formula is C11H17N3O4S. The van der Waals surface area contributed by atoms with Crippen molar-refractivity contribution in [2.24, 2.45) is 5.14 Å². The second kappa shape index (κ2) is 7.07. The molecule has 19 heavy (non-hydrogen) atoms. The lowest BCUT2D eigenvalue weighted by Gasteiger charge is -2.07. The molecule has 0 aromatic heterocycles. The number of ether oxygens (including phenoxy) is 1. The van der Waals surface area contributed by atoms with E-state index in [1.165, 1.54) is 19.2 Å². The normalized spacial score (nSPS) is 11.1. The number of nitrogens with one attached hydrogen (secondary N) is 2. The van der Waals surface area contributed by atoms with Gasteiger partial charge in [-0.15, -0.1) is 0 Å². The molecule has 1 rings (SSSR count). The van der Waals surface area contributed by atoms with Crippen molar-refractivity contribution in [2.45, 2.75) is 11.3 Å². The van der Waals surface area contributed by atoms with Gasteiger partial charge >= 0.3 is 6.03 Å². The summed E-state index contributed by atoms with van der Waals surface area (Å²) in [4.78, 5) is 11.3. The summed E-state index contributed by atoms with van der Waals surface area (Å²) in [7, 11) is -2.18. The summed E-state index contributed by atoms with van der Waals surface area (Å²) < 4.78 is 26.8. The van der Waals surface area contributed by atoms with Gasteiger partial charge in [-0.25, -0.2) is 18.4 Å². The van der Waals surface area contributed by atoms with E-state index in [2.05, 4.69) is 15.4 Å². The third-order valence-electron chi connectivity index (χ3n) is 2.33. The number of amides is 2. The SMILES string of the molecule is COCNC(=O)NCCc1ccc(S(N)(=O)=O)cc1. The summed E-state index contributed by atoms with van der Waals surface area (Å²) in [6.07, 6.45) is 0.589. The number of hydrogen-bond acceptors (Lipinski definition) is 4. The Bertz CT molecular complexity index is 513. The Balaban J connectivity index is 2.40. The van der Waals surface area contributed by atoms with Crippen molar-refractivity contribution in [1.82, 2.24) is 10.6 Å². The van der Waals surface area contributed by atoms with Crippen LogP contribution in [0.4, 0.5) is 4.79 Å². The molecule has 106 valence electrons. The zero-order valence-electron chi connectivity index (χ0n) is 10.5. The fourth-order valence-electron chi connectivity index (χ4n) is 1.37. The first-order valence-corrected chi connectivity index (χ1v) is 7.10. The molecule has 1 aromatic carbocycles. The average molecular weight is 287 g/mol.